The first-order chi connectivity index (χ1) is 14.9. The van der Waals surface area contributed by atoms with Crippen LogP contribution in [0.3, 0.4) is 0 Å². The van der Waals surface area contributed by atoms with Gasteiger partial charge in [0.1, 0.15) is 5.82 Å². The second-order valence-corrected chi connectivity index (χ2v) is 8.73. The number of nitrogens with two attached hydrogens (primary N) is 1. The predicted molar refractivity (Wildman–Crippen MR) is 117 cm³/mol. The second kappa shape index (κ2) is 9.10. The molecule has 31 heavy (non-hydrogen) atoms. The number of aromatic nitrogens is 3. The number of nitrogens with zero attached hydrogens (tertiary/aromatic N) is 5. The smallest absolute Gasteiger partial charge is 0.320 e. The Morgan fingerprint density at radius 3 is 2.77 bits per heavy atom. The molecule has 1 saturated carbocycles. The molecule has 4 rings (SSSR count). The molecule has 2 aromatic rings. The maximum Gasteiger partial charge on any atom is 0.320 e. The first kappa shape index (κ1) is 22.0. The van der Waals surface area contributed by atoms with Gasteiger partial charge in [0.05, 0.1) is 25.9 Å². The van der Waals surface area contributed by atoms with Gasteiger partial charge in [0.25, 0.3) is 0 Å². The predicted octanol–water partition coefficient (Wildman–Crippen LogP) is 2.93. The van der Waals surface area contributed by atoms with Crippen molar-refractivity contribution < 1.29 is 13.9 Å². The Morgan fingerprint density at radius 1 is 1.35 bits per heavy atom. The molecular weight excluding hydrogens is 423 g/mol. The van der Waals surface area contributed by atoms with Gasteiger partial charge in [0.15, 0.2) is 11.0 Å². The summed E-state index contributed by atoms with van der Waals surface area (Å²) in [5.74, 6) is -0.248. The van der Waals surface area contributed by atoms with Gasteiger partial charge in [-0.05, 0) is 25.8 Å². The van der Waals surface area contributed by atoms with Crippen LogP contribution in [0.5, 0.6) is 6.01 Å². The minimum Gasteiger partial charge on any atom is -0.463 e. The number of halogens is 2. The van der Waals surface area contributed by atoms with Crippen LogP contribution in [0.1, 0.15) is 31.4 Å². The highest BCUT2D eigenvalue weighted by Gasteiger charge is 2.45. The SMILES string of the molecule is C[C@H](c1cccnc1N)N(C)c1nc(OCC2(CN3CCOCC3)CC2)nc(Cl)c1F. The van der Waals surface area contributed by atoms with Crippen LogP contribution in [0.25, 0.3) is 0 Å². The Labute approximate surface area is 186 Å². The van der Waals surface area contributed by atoms with Crippen molar-refractivity contribution in [3.63, 3.8) is 0 Å². The van der Waals surface area contributed by atoms with Gasteiger partial charge in [-0.15, -0.1) is 0 Å². The summed E-state index contributed by atoms with van der Waals surface area (Å²) >= 11 is 6.07. The summed E-state index contributed by atoms with van der Waals surface area (Å²) in [5.41, 5.74) is 6.84. The Kier molecular flexibility index (Phi) is 6.45. The largest absolute Gasteiger partial charge is 0.463 e. The Balaban J connectivity index is 1.47. The second-order valence-electron chi connectivity index (χ2n) is 8.38. The molecule has 0 radical (unpaired) electrons. The quantitative estimate of drug-likeness (QED) is 0.614. The van der Waals surface area contributed by atoms with Gasteiger partial charge in [0, 0.05) is 43.9 Å². The molecule has 0 amide bonds. The standard InChI is InChI=1S/C21H28ClFN6O2/c1-14(15-4-3-7-25-18(15)24)28(2)19-16(23)17(22)26-20(27-19)31-13-21(5-6-21)12-29-8-10-30-11-9-29/h3-4,7,14H,5-6,8-13H2,1-2H3,(H2,24,25)/t14-/m1/s1. The van der Waals surface area contributed by atoms with Gasteiger partial charge in [0.2, 0.25) is 5.82 Å². The third-order valence-corrected chi connectivity index (χ3v) is 6.39. The van der Waals surface area contributed by atoms with Crippen molar-refractivity contribution in [2.24, 2.45) is 5.41 Å². The molecule has 0 unspecified atom stereocenters. The van der Waals surface area contributed by atoms with Crippen molar-refractivity contribution >= 4 is 23.2 Å². The summed E-state index contributed by atoms with van der Waals surface area (Å²) in [6, 6.07) is 3.44. The lowest BCUT2D eigenvalue weighted by atomic mass is 10.1. The van der Waals surface area contributed by atoms with E-state index in [1.54, 1.807) is 24.2 Å². The van der Waals surface area contributed by atoms with Crippen molar-refractivity contribution in [3.8, 4) is 6.01 Å². The van der Waals surface area contributed by atoms with Gasteiger partial charge >= 0.3 is 6.01 Å². The molecule has 1 aliphatic carbocycles. The van der Waals surface area contributed by atoms with Gasteiger partial charge in [-0.3, -0.25) is 4.90 Å². The lowest BCUT2D eigenvalue weighted by molar-refractivity contribution is 0.0231. The van der Waals surface area contributed by atoms with Gasteiger partial charge in [-0.2, -0.15) is 14.4 Å². The average molecular weight is 451 g/mol. The molecule has 168 valence electrons. The van der Waals surface area contributed by atoms with Crippen LogP contribution in [0.2, 0.25) is 5.15 Å². The van der Waals surface area contributed by atoms with Crippen molar-refractivity contribution in [1.82, 2.24) is 19.9 Å². The van der Waals surface area contributed by atoms with E-state index in [2.05, 4.69) is 19.9 Å². The molecule has 2 aliphatic rings. The van der Waals surface area contributed by atoms with Crippen molar-refractivity contribution in [1.29, 1.82) is 0 Å². The van der Waals surface area contributed by atoms with Crippen LogP contribution >= 0.6 is 11.6 Å². The van der Waals surface area contributed by atoms with E-state index < -0.39 is 5.82 Å². The maximum absolute atomic E-state index is 14.8. The van der Waals surface area contributed by atoms with E-state index in [9.17, 15) is 4.39 Å². The van der Waals surface area contributed by atoms with E-state index in [0.29, 0.717) is 12.4 Å². The van der Waals surface area contributed by atoms with Gasteiger partial charge in [-0.25, -0.2) is 4.98 Å². The van der Waals surface area contributed by atoms with Crippen LogP contribution < -0.4 is 15.4 Å². The number of nitrogen functional groups attached to an aromatic ring is 1. The molecular formula is C21H28ClFN6O2. The number of pyridine rings is 1. The third-order valence-electron chi connectivity index (χ3n) is 6.14. The molecule has 2 aromatic heterocycles. The molecule has 0 aromatic carbocycles. The zero-order valence-corrected chi connectivity index (χ0v) is 18.6. The highest BCUT2D eigenvalue weighted by molar-refractivity contribution is 6.29. The number of hydrogen-bond donors (Lipinski definition) is 1. The van der Waals surface area contributed by atoms with Crippen molar-refractivity contribution in [2.75, 3.05) is 57.1 Å². The molecule has 10 heteroatoms. The summed E-state index contributed by atoms with van der Waals surface area (Å²) in [6.07, 6.45) is 3.79. The lowest BCUT2D eigenvalue weighted by Crippen LogP contribution is -2.41. The molecule has 2 N–H and O–H groups in total. The van der Waals surface area contributed by atoms with Crippen molar-refractivity contribution in [2.45, 2.75) is 25.8 Å². The lowest BCUT2D eigenvalue weighted by Gasteiger charge is -2.30. The topological polar surface area (TPSA) is 89.6 Å². The summed E-state index contributed by atoms with van der Waals surface area (Å²) in [6.45, 7) is 6.72. The van der Waals surface area contributed by atoms with Gasteiger partial charge in [-0.1, -0.05) is 17.7 Å². The maximum atomic E-state index is 14.8. The Morgan fingerprint density at radius 2 is 2.10 bits per heavy atom. The number of ether oxygens (including phenoxy) is 2. The van der Waals surface area contributed by atoms with E-state index in [1.165, 1.54) is 0 Å². The fourth-order valence-corrected chi connectivity index (χ4v) is 4.00. The fourth-order valence-electron chi connectivity index (χ4n) is 3.84. The zero-order chi connectivity index (χ0) is 22.0. The molecule has 0 spiro atoms. The molecule has 1 saturated heterocycles. The van der Waals surface area contributed by atoms with E-state index in [4.69, 9.17) is 26.8 Å². The molecule has 1 atom stereocenters. The summed E-state index contributed by atoms with van der Waals surface area (Å²) in [5, 5.41) is -0.267. The Hall–Kier alpha value is -2.23. The highest BCUT2D eigenvalue weighted by atomic mass is 35.5. The monoisotopic (exact) mass is 450 g/mol. The van der Waals surface area contributed by atoms with E-state index in [-0.39, 0.29) is 28.4 Å². The van der Waals surface area contributed by atoms with Crippen LogP contribution in [0, 0.1) is 11.2 Å². The first-order valence-corrected chi connectivity index (χ1v) is 10.9. The van der Waals surface area contributed by atoms with Crippen LogP contribution in [-0.2, 0) is 4.74 Å². The summed E-state index contributed by atoms with van der Waals surface area (Å²) < 4.78 is 26.1. The number of hydrogen-bond acceptors (Lipinski definition) is 8. The van der Waals surface area contributed by atoms with Crippen LogP contribution in [0.15, 0.2) is 18.3 Å². The number of rotatable bonds is 8. The van der Waals surface area contributed by atoms with E-state index in [0.717, 1.165) is 51.3 Å². The zero-order valence-electron chi connectivity index (χ0n) is 17.9. The van der Waals surface area contributed by atoms with E-state index >= 15 is 0 Å². The molecule has 2 fully saturated rings. The summed E-state index contributed by atoms with van der Waals surface area (Å²) in [7, 11) is 1.73. The first-order valence-electron chi connectivity index (χ1n) is 10.5. The highest BCUT2D eigenvalue weighted by Crippen LogP contribution is 2.46. The average Bonchev–Trinajstić information content (AvgIpc) is 3.54. The summed E-state index contributed by atoms with van der Waals surface area (Å²) in [4.78, 5) is 16.5. The van der Waals surface area contributed by atoms with Crippen molar-refractivity contribution in [3.05, 3.63) is 34.9 Å². The Bertz CT molecular complexity index is 923. The van der Waals surface area contributed by atoms with Gasteiger partial charge < -0.3 is 20.1 Å². The molecule has 8 nitrogen and oxygen atoms in total. The normalized spacial score (nSPS) is 19.1. The molecule has 1 aliphatic heterocycles. The van der Waals surface area contributed by atoms with Crippen LogP contribution in [-0.4, -0.2) is 66.4 Å². The van der Waals surface area contributed by atoms with Crippen LogP contribution in [0.4, 0.5) is 16.0 Å². The molecule has 0 bridgehead atoms. The number of morpholine rings is 1. The minimum atomic E-state index is -0.694. The third kappa shape index (κ3) is 4.99. The minimum absolute atomic E-state index is 0.0591. The fraction of sp³-hybridized carbons (Fsp3) is 0.571. The van der Waals surface area contributed by atoms with E-state index in [1.807, 2.05) is 13.0 Å². The molecule has 3 heterocycles. The number of anilines is 2.